The molecule has 1 rings (SSSR count). The standard InChI is InChI=1S/C11H18N4O2S/c1-14-9(3-5-13-14)11(16)15(7-8-17-2)6-4-10(12)18/h3,5H,4,6-8H2,1-2H3,(H2,12,18). The van der Waals surface area contributed by atoms with Crippen molar-refractivity contribution in [3.8, 4) is 0 Å². The molecule has 0 saturated heterocycles. The average Bonchev–Trinajstić information content (AvgIpc) is 2.74. The minimum Gasteiger partial charge on any atom is -0.393 e. The molecule has 0 aromatic carbocycles. The normalized spacial score (nSPS) is 10.3. The van der Waals surface area contributed by atoms with E-state index in [1.807, 2.05) is 0 Å². The summed E-state index contributed by atoms with van der Waals surface area (Å²) in [6.07, 6.45) is 2.10. The van der Waals surface area contributed by atoms with Crippen LogP contribution in [0.15, 0.2) is 12.3 Å². The molecular formula is C11H18N4O2S. The van der Waals surface area contributed by atoms with Crippen molar-refractivity contribution in [1.29, 1.82) is 0 Å². The molecule has 0 fully saturated rings. The SMILES string of the molecule is COCCN(CCC(N)=S)C(=O)c1ccnn1C. The first-order chi connectivity index (χ1) is 8.56. The van der Waals surface area contributed by atoms with E-state index in [-0.39, 0.29) is 5.91 Å². The third kappa shape index (κ3) is 4.08. The fourth-order valence-electron chi connectivity index (χ4n) is 1.51. The number of hydrogen-bond donors (Lipinski definition) is 1. The van der Waals surface area contributed by atoms with E-state index < -0.39 is 0 Å². The van der Waals surface area contributed by atoms with Crippen molar-refractivity contribution < 1.29 is 9.53 Å². The highest BCUT2D eigenvalue weighted by molar-refractivity contribution is 7.80. The predicted octanol–water partition coefficient (Wildman–Crippen LogP) is 0.185. The summed E-state index contributed by atoms with van der Waals surface area (Å²) < 4.78 is 6.54. The van der Waals surface area contributed by atoms with Crippen LogP contribution in [0.5, 0.6) is 0 Å². The lowest BCUT2D eigenvalue weighted by Crippen LogP contribution is -2.37. The van der Waals surface area contributed by atoms with Gasteiger partial charge in [-0.2, -0.15) is 5.10 Å². The van der Waals surface area contributed by atoms with Crippen LogP contribution in [0.4, 0.5) is 0 Å². The summed E-state index contributed by atoms with van der Waals surface area (Å²) in [6, 6.07) is 1.68. The Balaban J connectivity index is 2.72. The zero-order valence-electron chi connectivity index (χ0n) is 10.6. The van der Waals surface area contributed by atoms with Gasteiger partial charge in [0.1, 0.15) is 5.69 Å². The van der Waals surface area contributed by atoms with Gasteiger partial charge in [-0.3, -0.25) is 9.48 Å². The number of hydrogen-bond acceptors (Lipinski definition) is 4. The largest absolute Gasteiger partial charge is 0.393 e. The molecule has 2 N–H and O–H groups in total. The van der Waals surface area contributed by atoms with Gasteiger partial charge < -0.3 is 15.4 Å². The van der Waals surface area contributed by atoms with Gasteiger partial charge in [0.05, 0.1) is 11.6 Å². The number of methoxy groups -OCH3 is 1. The van der Waals surface area contributed by atoms with Crippen LogP contribution < -0.4 is 5.73 Å². The van der Waals surface area contributed by atoms with Crippen LogP contribution in [-0.4, -0.2) is 52.4 Å². The number of aromatic nitrogens is 2. The smallest absolute Gasteiger partial charge is 0.272 e. The van der Waals surface area contributed by atoms with E-state index in [1.165, 1.54) is 0 Å². The van der Waals surface area contributed by atoms with E-state index in [4.69, 9.17) is 22.7 Å². The van der Waals surface area contributed by atoms with Gasteiger partial charge in [0.2, 0.25) is 0 Å². The Morgan fingerprint density at radius 1 is 1.61 bits per heavy atom. The quantitative estimate of drug-likeness (QED) is 0.716. The summed E-state index contributed by atoms with van der Waals surface area (Å²) in [4.78, 5) is 14.3. The lowest BCUT2D eigenvalue weighted by Gasteiger charge is -2.22. The summed E-state index contributed by atoms with van der Waals surface area (Å²) in [5.74, 6) is -0.0942. The maximum atomic E-state index is 12.3. The van der Waals surface area contributed by atoms with Crippen LogP contribution in [0.2, 0.25) is 0 Å². The molecule has 0 aliphatic rings. The molecule has 0 atom stereocenters. The highest BCUT2D eigenvalue weighted by atomic mass is 32.1. The Kier molecular flexibility index (Phi) is 5.73. The second-order valence-corrected chi connectivity index (χ2v) is 4.37. The Labute approximate surface area is 112 Å². The number of carbonyl (C=O) groups is 1. The highest BCUT2D eigenvalue weighted by Crippen LogP contribution is 2.04. The molecule has 1 aromatic heterocycles. The molecule has 0 aliphatic heterocycles. The molecule has 7 heteroatoms. The predicted molar refractivity (Wildman–Crippen MR) is 72.4 cm³/mol. The van der Waals surface area contributed by atoms with E-state index in [9.17, 15) is 4.79 Å². The van der Waals surface area contributed by atoms with Crippen LogP contribution in [0.3, 0.4) is 0 Å². The highest BCUT2D eigenvalue weighted by Gasteiger charge is 2.18. The number of aryl methyl sites for hydroxylation is 1. The van der Waals surface area contributed by atoms with Crippen molar-refractivity contribution in [1.82, 2.24) is 14.7 Å². The van der Waals surface area contributed by atoms with E-state index in [1.54, 1.807) is 36.0 Å². The molecule has 6 nitrogen and oxygen atoms in total. The maximum absolute atomic E-state index is 12.3. The first-order valence-electron chi connectivity index (χ1n) is 5.60. The minimum absolute atomic E-state index is 0.0942. The zero-order valence-corrected chi connectivity index (χ0v) is 11.4. The molecule has 0 spiro atoms. The van der Waals surface area contributed by atoms with E-state index in [0.29, 0.717) is 36.8 Å². The lowest BCUT2D eigenvalue weighted by atomic mass is 10.3. The Morgan fingerprint density at radius 3 is 2.83 bits per heavy atom. The number of nitrogens with zero attached hydrogens (tertiary/aromatic N) is 3. The summed E-state index contributed by atoms with van der Waals surface area (Å²) in [5.41, 5.74) is 6.00. The summed E-state index contributed by atoms with van der Waals surface area (Å²) in [5, 5.41) is 3.98. The van der Waals surface area contributed by atoms with Crippen LogP contribution in [0, 0.1) is 0 Å². The molecule has 100 valence electrons. The molecule has 0 aliphatic carbocycles. The minimum atomic E-state index is -0.0942. The number of thiocarbonyl (C=S) groups is 1. The third-order valence-electron chi connectivity index (χ3n) is 2.52. The first kappa shape index (κ1) is 14.6. The van der Waals surface area contributed by atoms with Crippen molar-refractivity contribution in [2.24, 2.45) is 12.8 Å². The van der Waals surface area contributed by atoms with Crippen molar-refractivity contribution in [2.45, 2.75) is 6.42 Å². The fraction of sp³-hybridized carbons (Fsp3) is 0.545. The fourth-order valence-corrected chi connectivity index (χ4v) is 1.60. The van der Waals surface area contributed by atoms with E-state index in [2.05, 4.69) is 5.10 Å². The second-order valence-electron chi connectivity index (χ2n) is 3.84. The number of carbonyl (C=O) groups excluding carboxylic acids is 1. The summed E-state index contributed by atoms with van der Waals surface area (Å²) in [6.45, 7) is 1.47. The Morgan fingerprint density at radius 2 is 2.33 bits per heavy atom. The number of amides is 1. The van der Waals surface area contributed by atoms with Crippen molar-refractivity contribution >= 4 is 23.1 Å². The van der Waals surface area contributed by atoms with Gasteiger partial charge in [0.15, 0.2) is 0 Å². The molecule has 0 bridgehead atoms. The third-order valence-corrected chi connectivity index (χ3v) is 2.72. The van der Waals surface area contributed by atoms with Crippen LogP contribution in [0.1, 0.15) is 16.9 Å². The molecule has 0 radical (unpaired) electrons. The molecule has 18 heavy (non-hydrogen) atoms. The molecule has 1 aromatic rings. The Hall–Kier alpha value is -1.47. The van der Waals surface area contributed by atoms with E-state index >= 15 is 0 Å². The molecule has 0 unspecified atom stereocenters. The molecule has 0 saturated carbocycles. The van der Waals surface area contributed by atoms with Crippen LogP contribution in [0.25, 0.3) is 0 Å². The van der Waals surface area contributed by atoms with Gasteiger partial charge >= 0.3 is 0 Å². The van der Waals surface area contributed by atoms with Gasteiger partial charge in [-0.05, 0) is 6.07 Å². The zero-order chi connectivity index (χ0) is 13.5. The van der Waals surface area contributed by atoms with Gasteiger partial charge in [-0.25, -0.2) is 0 Å². The second kappa shape index (κ2) is 7.07. The monoisotopic (exact) mass is 270 g/mol. The summed E-state index contributed by atoms with van der Waals surface area (Å²) >= 11 is 4.83. The topological polar surface area (TPSA) is 73.4 Å². The van der Waals surface area contributed by atoms with Crippen molar-refractivity contribution in [2.75, 3.05) is 26.8 Å². The van der Waals surface area contributed by atoms with Crippen LogP contribution in [-0.2, 0) is 11.8 Å². The van der Waals surface area contributed by atoms with Gasteiger partial charge in [0.25, 0.3) is 5.91 Å². The summed E-state index contributed by atoms with van der Waals surface area (Å²) in [7, 11) is 3.33. The number of rotatable bonds is 7. The lowest BCUT2D eigenvalue weighted by molar-refractivity contribution is 0.0690. The maximum Gasteiger partial charge on any atom is 0.272 e. The average molecular weight is 270 g/mol. The van der Waals surface area contributed by atoms with E-state index in [0.717, 1.165) is 0 Å². The van der Waals surface area contributed by atoms with Gasteiger partial charge in [-0.1, -0.05) is 12.2 Å². The molecule has 1 amide bonds. The van der Waals surface area contributed by atoms with Crippen molar-refractivity contribution in [3.05, 3.63) is 18.0 Å². The van der Waals surface area contributed by atoms with Gasteiger partial charge in [0, 0.05) is 39.9 Å². The number of nitrogens with two attached hydrogens (primary N) is 1. The Bertz CT molecular complexity index is 419. The van der Waals surface area contributed by atoms with Gasteiger partial charge in [-0.15, -0.1) is 0 Å². The molecular weight excluding hydrogens is 252 g/mol. The van der Waals surface area contributed by atoms with Crippen LogP contribution >= 0.6 is 12.2 Å². The first-order valence-corrected chi connectivity index (χ1v) is 6.01. The number of ether oxygens (including phenoxy) is 1. The van der Waals surface area contributed by atoms with Crippen molar-refractivity contribution in [3.63, 3.8) is 0 Å². The molecule has 1 heterocycles.